The number of rotatable bonds is 6. The maximum Gasteiger partial charge on any atom is 0.241 e. The number of aromatic nitrogens is 2. The van der Waals surface area contributed by atoms with Crippen LogP contribution in [0.15, 0.2) is 47.0 Å². The van der Waals surface area contributed by atoms with Gasteiger partial charge in [-0.2, -0.15) is 4.98 Å². The number of nitrogens with zero attached hydrogens (tertiary/aromatic N) is 3. The molecule has 3 aromatic rings. The first-order chi connectivity index (χ1) is 15.0. The van der Waals surface area contributed by atoms with Crippen molar-refractivity contribution in [2.75, 3.05) is 25.5 Å². The second kappa shape index (κ2) is 9.31. The highest BCUT2D eigenvalue weighted by molar-refractivity contribution is 5.93. The van der Waals surface area contributed by atoms with E-state index in [1.807, 2.05) is 43.3 Å². The van der Waals surface area contributed by atoms with Crippen molar-refractivity contribution in [1.82, 2.24) is 15.0 Å². The number of methoxy groups -OCH3 is 1. The minimum atomic E-state index is 0.0220. The molecule has 0 atom stereocenters. The molecule has 0 aliphatic carbocycles. The summed E-state index contributed by atoms with van der Waals surface area (Å²) in [5, 5.41) is 7.20. The maximum absolute atomic E-state index is 12.7. The summed E-state index contributed by atoms with van der Waals surface area (Å²) in [5.41, 5.74) is 4.10. The molecule has 0 bridgehead atoms. The minimum Gasteiger partial charge on any atom is -0.497 e. The van der Waals surface area contributed by atoms with Crippen LogP contribution in [0.1, 0.15) is 29.9 Å². The molecule has 7 nitrogen and oxygen atoms in total. The lowest BCUT2D eigenvalue weighted by Crippen LogP contribution is -2.37. The van der Waals surface area contributed by atoms with Crippen LogP contribution in [0.4, 0.5) is 5.69 Å². The van der Waals surface area contributed by atoms with Crippen LogP contribution in [0.5, 0.6) is 5.75 Å². The fraction of sp³-hybridized carbons (Fsp3) is 0.375. The van der Waals surface area contributed by atoms with Crippen LogP contribution in [-0.4, -0.2) is 41.1 Å². The molecular weight excluding hydrogens is 392 g/mol. The molecule has 1 saturated heterocycles. The Labute approximate surface area is 182 Å². The van der Waals surface area contributed by atoms with Gasteiger partial charge in [0.15, 0.2) is 0 Å². The number of nitrogens with one attached hydrogen (secondary N) is 1. The Bertz CT molecular complexity index is 1040. The first kappa shape index (κ1) is 21.1. The van der Waals surface area contributed by atoms with Crippen molar-refractivity contribution in [1.29, 1.82) is 0 Å². The molecule has 0 spiro atoms. The van der Waals surface area contributed by atoms with Crippen molar-refractivity contribution in [3.63, 3.8) is 0 Å². The fourth-order valence-electron chi connectivity index (χ4n) is 3.84. The van der Waals surface area contributed by atoms with Gasteiger partial charge in [-0.1, -0.05) is 17.3 Å². The molecule has 1 N–H and O–H groups in total. The molecular formula is C24H28N4O3. The number of ether oxygens (including phenoxy) is 1. The van der Waals surface area contributed by atoms with E-state index in [4.69, 9.17) is 9.26 Å². The molecule has 2 heterocycles. The number of aryl methyl sites for hydroxylation is 1. The van der Waals surface area contributed by atoms with Gasteiger partial charge in [-0.05, 0) is 81.2 Å². The first-order valence-corrected chi connectivity index (χ1v) is 10.6. The summed E-state index contributed by atoms with van der Waals surface area (Å²) in [4.78, 5) is 19.5. The number of hydrogen-bond acceptors (Lipinski definition) is 6. The number of likely N-dealkylation sites (tertiary alicyclic amines) is 1. The number of anilines is 1. The third-order valence-corrected chi connectivity index (χ3v) is 6.00. The maximum atomic E-state index is 12.7. The molecule has 4 rings (SSSR count). The van der Waals surface area contributed by atoms with Crippen LogP contribution in [0, 0.1) is 19.8 Å². The fourth-order valence-corrected chi connectivity index (χ4v) is 3.84. The second-order valence-corrected chi connectivity index (χ2v) is 8.03. The molecule has 0 saturated carbocycles. The van der Waals surface area contributed by atoms with Gasteiger partial charge in [0.1, 0.15) is 5.75 Å². The Kier molecular flexibility index (Phi) is 6.32. The lowest BCUT2D eigenvalue weighted by molar-refractivity contribution is -0.121. The van der Waals surface area contributed by atoms with Gasteiger partial charge < -0.3 is 14.6 Å². The lowest BCUT2D eigenvalue weighted by atomic mass is 9.95. The summed E-state index contributed by atoms with van der Waals surface area (Å²) >= 11 is 0. The van der Waals surface area contributed by atoms with Crippen molar-refractivity contribution in [3.05, 3.63) is 59.5 Å². The Morgan fingerprint density at radius 2 is 1.90 bits per heavy atom. The number of piperidine rings is 1. The van der Waals surface area contributed by atoms with Gasteiger partial charge in [0.05, 0.1) is 13.7 Å². The molecule has 2 aromatic carbocycles. The lowest BCUT2D eigenvalue weighted by Gasteiger charge is -2.30. The minimum absolute atomic E-state index is 0.0220. The summed E-state index contributed by atoms with van der Waals surface area (Å²) < 4.78 is 10.6. The zero-order valence-electron chi connectivity index (χ0n) is 18.2. The quantitative estimate of drug-likeness (QED) is 0.643. The summed E-state index contributed by atoms with van der Waals surface area (Å²) in [7, 11) is 1.64. The van der Waals surface area contributed by atoms with E-state index in [2.05, 4.69) is 33.3 Å². The highest BCUT2D eigenvalue weighted by atomic mass is 16.5. The Morgan fingerprint density at radius 3 is 2.61 bits per heavy atom. The predicted molar refractivity (Wildman–Crippen MR) is 119 cm³/mol. The van der Waals surface area contributed by atoms with Crippen LogP contribution in [0.2, 0.25) is 0 Å². The van der Waals surface area contributed by atoms with Gasteiger partial charge in [-0.15, -0.1) is 0 Å². The van der Waals surface area contributed by atoms with Gasteiger partial charge >= 0.3 is 0 Å². The van der Waals surface area contributed by atoms with Crippen molar-refractivity contribution >= 4 is 11.6 Å². The zero-order chi connectivity index (χ0) is 21.8. The predicted octanol–water partition coefficient (Wildman–Crippen LogP) is 4.21. The van der Waals surface area contributed by atoms with Crippen molar-refractivity contribution in [3.8, 4) is 17.1 Å². The number of benzene rings is 2. The topological polar surface area (TPSA) is 80.5 Å². The highest BCUT2D eigenvalue weighted by Gasteiger charge is 2.26. The largest absolute Gasteiger partial charge is 0.497 e. The van der Waals surface area contributed by atoms with Crippen LogP contribution in [-0.2, 0) is 11.3 Å². The molecule has 1 aliphatic heterocycles. The molecule has 7 heteroatoms. The highest BCUT2D eigenvalue weighted by Crippen LogP contribution is 2.24. The van der Waals surface area contributed by atoms with E-state index in [1.54, 1.807) is 7.11 Å². The van der Waals surface area contributed by atoms with E-state index >= 15 is 0 Å². The van der Waals surface area contributed by atoms with Crippen molar-refractivity contribution in [2.24, 2.45) is 5.92 Å². The van der Waals surface area contributed by atoms with E-state index in [1.165, 1.54) is 5.56 Å². The van der Waals surface area contributed by atoms with E-state index in [9.17, 15) is 4.79 Å². The molecule has 0 unspecified atom stereocenters. The van der Waals surface area contributed by atoms with Crippen molar-refractivity contribution < 1.29 is 14.1 Å². The third kappa shape index (κ3) is 4.94. The average molecular weight is 421 g/mol. The standard InChI is InChI=1S/C24H28N4O3/c1-16-5-4-6-21(17(16)2)25-24(29)19-11-13-28(14-12-19)15-22-26-23(27-31-22)18-7-9-20(30-3)10-8-18/h4-10,19H,11-15H2,1-3H3,(H,25,29). The monoisotopic (exact) mass is 420 g/mol. The SMILES string of the molecule is COc1ccc(-c2noc(CN3CCC(C(=O)Nc4cccc(C)c4C)CC3)n2)cc1. The molecule has 1 fully saturated rings. The van der Waals surface area contributed by atoms with Crippen LogP contribution in [0.3, 0.4) is 0 Å². The zero-order valence-corrected chi connectivity index (χ0v) is 18.2. The second-order valence-electron chi connectivity index (χ2n) is 8.03. The van der Waals surface area contributed by atoms with E-state index in [0.717, 1.165) is 48.5 Å². The van der Waals surface area contributed by atoms with Crippen LogP contribution >= 0.6 is 0 Å². The van der Waals surface area contributed by atoms with E-state index < -0.39 is 0 Å². The smallest absolute Gasteiger partial charge is 0.241 e. The van der Waals surface area contributed by atoms with Crippen molar-refractivity contribution in [2.45, 2.75) is 33.2 Å². The molecule has 1 aromatic heterocycles. The van der Waals surface area contributed by atoms with Gasteiger partial charge in [-0.25, -0.2) is 0 Å². The molecule has 162 valence electrons. The Balaban J connectivity index is 1.29. The van der Waals surface area contributed by atoms with E-state index in [0.29, 0.717) is 18.3 Å². The Morgan fingerprint density at radius 1 is 1.16 bits per heavy atom. The molecule has 1 amide bonds. The number of carbonyl (C=O) groups is 1. The Hall–Kier alpha value is -3.19. The summed E-state index contributed by atoms with van der Waals surface area (Å²) in [5.74, 6) is 2.07. The molecule has 31 heavy (non-hydrogen) atoms. The van der Waals surface area contributed by atoms with Gasteiger partial charge in [0, 0.05) is 17.2 Å². The van der Waals surface area contributed by atoms with E-state index in [-0.39, 0.29) is 11.8 Å². The summed E-state index contributed by atoms with van der Waals surface area (Å²) in [6.45, 7) is 6.34. The first-order valence-electron chi connectivity index (χ1n) is 10.6. The summed E-state index contributed by atoms with van der Waals surface area (Å²) in [6, 6.07) is 13.6. The van der Waals surface area contributed by atoms with Crippen LogP contribution in [0.25, 0.3) is 11.4 Å². The number of amides is 1. The third-order valence-electron chi connectivity index (χ3n) is 6.00. The average Bonchev–Trinajstić information content (AvgIpc) is 3.26. The van der Waals surface area contributed by atoms with Gasteiger partial charge in [0.2, 0.25) is 17.6 Å². The molecule has 1 aliphatic rings. The number of hydrogen-bond donors (Lipinski definition) is 1. The molecule has 0 radical (unpaired) electrons. The van der Waals surface area contributed by atoms with Crippen LogP contribution < -0.4 is 10.1 Å². The van der Waals surface area contributed by atoms with Gasteiger partial charge in [-0.3, -0.25) is 9.69 Å². The number of carbonyl (C=O) groups excluding carboxylic acids is 1. The van der Waals surface area contributed by atoms with Gasteiger partial charge in [0.25, 0.3) is 0 Å². The summed E-state index contributed by atoms with van der Waals surface area (Å²) in [6.07, 6.45) is 1.63. The normalized spacial score (nSPS) is 15.1.